The zero-order valence-corrected chi connectivity index (χ0v) is 23.9. The number of hydrogen-bond acceptors (Lipinski definition) is 7. The molecule has 3 aliphatic rings. The van der Waals surface area contributed by atoms with Gasteiger partial charge in [0.25, 0.3) is 0 Å². The van der Waals surface area contributed by atoms with Gasteiger partial charge >= 0.3 is 17.9 Å². The number of carbonyl (C=O) groups excluding carboxylic acids is 2. The lowest BCUT2D eigenvalue weighted by molar-refractivity contribution is -0.138. The van der Waals surface area contributed by atoms with Gasteiger partial charge in [-0.15, -0.1) is 0 Å². The zero-order valence-electron chi connectivity index (χ0n) is 23.9. The molecule has 2 aromatic rings. The summed E-state index contributed by atoms with van der Waals surface area (Å²) in [4.78, 5) is 47.0. The molecule has 5 rings (SSSR count). The molecule has 228 valence electrons. The average molecular weight is 591 g/mol. The normalized spacial score (nSPS) is 23.5. The summed E-state index contributed by atoms with van der Waals surface area (Å²) in [6.45, 7) is 7.93. The zero-order chi connectivity index (χ0) is 30.6. The molecule has 0 spiro atoms. The number of urea groups is 1. The average Bonchev–Trinajstić information content (AvgIpc) is 3.30. The van der Waals surface area contributed by atoms with Gasteiger partial charge in [-0.05, 0) is 62.8 Å². The molecule has 2 aliphatic heterocycles. The second-order valence-corrected chi connectivity index (χ2v) is 12.1. The van der Waals surface area contributed by atoms with E-state index in [0.717, 1.165) is 23.7 Å². The molecule has 0 bridgehead atoms. The molecule has 3 heterocycles. The first kappa shape index (κ1) is 30.0. The molecule has 3 amide bonds. The highest BCUT2D eigenvalue weighted by molar-refractivity contribution is 5.89. The van der Waals surface area contributed by atoms with Crippen molar-refractivity contribution in [2.75, 3.05) is 44.6 Å². The van der Waals surface area contributed by atoms with E-state index in [9.17, 15) is 27.6 Å². The van der Waals surface area contributed by atoms with Gasteiger partial charge in [0, 0.05) is 57.5 Å². The lowest BCUT2D eigenvalue weighted by atomic mass is 9.98. The lowest BCUT2D eigenvalue weighted by Gasteiger charge is -2.37. The van der Waals surface area contributed by atoms with E-state index < -0.39 is 29.0 Å². The monoisotopic (exact) mass is 590 g/mol. The van der Waals surface area contributed by atoms with Crippen molar-refractivity contribution in [2.45, 2.75) is 51.0 Å². The molecule has 14 heteroatoms. The van der Waals surface area contributed by atoms with Gasteiger partial charge in [-0.3, -0.25) is 19.6 Å². The molecule has 3 unspecified atom stereocenters. The Labute approximate surface area is 241 Å². The molecule has 0 radical (unpaired) electrons. The minimum absolute atomic E-state index is 0.0195. The number of likely N-dealkylation sites (tertiary alicyclic amines) is 1. The van der Waals surface area contributed by atoms with Gasteiger partial charge in [-0.1, -0.05) is 6.07 Å². The molecule has 1 aromatic heterocycles. The summed E-state index contributed by atoms with van der Waals surface area (Å²) in [5, 5.41) is 2.55. The van der Waals surface area contributed by atoms with E-state index in [4.69, 9.17) is 11.5 Å². The van der Waals surface area contributed by atoms with Crippen LogP contribution in [0.1, 0.15) is 31.9 Å². The van der Waals surface area contributed by atoms with Crippen LogP contribution in [0.3, 0.4) is 0 Å². The summed E-state index contributed by atoms with van der Waals surface area (Å²) in [5.41, 5.74) is 9.40. The highest BCUT2D eigenvalue weighted by atomic mass is 19.4. The third-order valence-corrected chi connectivity index (χ3v) is 8.55. The van der Waals surface area contributed by atoms with Crippen molar-refractivity contribution < 1.29 is 22.8 Å². The number of nitrogens with one attached hydrogen (secondary N) is 1. The number of hydrogen-bond donors (Lipinski definition) is 3. The molecule has 11 nitrogen and oxygen atoms in total. The number of piperidine rings is 1. The van der Waals surface area contributed by atoms with Crippen LogP contribution in [0, 0.1) is 11.8 Å². The minimum Gasteiger partial charge on any atom is -0.338 e. The second kappa shape index (κ2) is 11.0. The SMILES string of the molecule is CC(Cc1ccc(-n2ccc(NC(=O)N3CCN(C(=O)C(C)(C)N)CC3)nc2=O)cc1C(F)(F)F)N1CC2C(N)C2C1. The van der Waals surface area contributed by atoms with Crippen molar-refractivity contribution in [3.63, 3.8) is 0 Å². The third kappa shape index (κ3) is 6.15. The molecule has 1 aromatic carbocycles. The van der Waals surface area contributed by atoms with Crippen LogP contribution in [0.4, 0.5) is 23.8 Å². The smallest absolute Gasteiger partial charge is 0.338 e. The predicted molar refractivity (Wildman–Crippen MR) is 150 cm³/mol. The summed E-state index contributed by atoms with van der Waals surface area (Å²) >= 11 is 0. The largest absolute Gasteiger partial charge is 0.416 e. The van der Waals surface area contributed by atoms with Crippen molar-refractivity contribution >= 4 is 17.8 Å². The summed E-state index contributed by atoms with van der Waals surface area (Å²) in [5.74, 6) is 0.632. The number of carbonyl (C=O) groups is 2. The van der Waals surface area contributed by atoms with Gasteiger partial charge in [0.2, 0.25) is 5.91 Å². The van der Waals surface area contributed by atoms with Crippen molar-refractivity contribution in [1.29, 1.82) is 0 Å². The maximum atomic E-state index is 14.1. The Morgan fingerprint density at radius 3 is 2.26 bits per heavy atom. The van der Waals surface area contributed by atoms with Gasteiger partial charge in [-0.2, -0.15) is 18.2 Å². The van der Waals surface area contributed by atoms with Crippen molar-refractivity contribution in [1.82, 2.24) is 24.3 Å². The fourth-order valence-corrected chi connectivity index (χ4v) is 5.95. The predicted octanol–water partition coefficient (Wildman–Crippen LogP) is 1.48. The number of nitrogens with zero attached hydrogens (tertiary/aromatic N) is 5. The molecular formula is C28H37F3N8O3. The number of alkyl halides is 3. The van der Waals surface area contributed by atoms with Crippen LogP contribution in [0.2, 0.25) is 0 Å². The van der Waals surface area contributed by atoms with Gasteiger partial charge in [0.05, 0.1) is 16.8 Å². The van der Waals surface area contributed by atoms with Crippen molar-refractivity contribution in [2.24, 2.45) is 23.3 Å². The first-order valence-corrected chi connectivity index (χ1v) is 14.1. The first-order chi connectivity index (χ1) is 19.6. The Kier molecular flexibility index (Phi) is 7.83. The number of amides is 3. The van der Waals surface area contributed by atoms with Gasteiger partial charge in [0.1, 0.15) is 5.82 Å². The molecule has 2 saturated heterocycles. The van der Waals surface area contributed by atoms with Crippen LogP contribution in [0.5, 0.6) is 0 Å². The number of aromatic nitrogens is 2. The molecule has 3 atom stereocenters. The molecule has 5 N–H and O–H groups in total. The number of fused-ring (bicyclic) bond motifs is 1. The van der Waals surface area contributed by atoms with E-state index in [0.29, 0.717) is 24.9 Å². The highest BCUT2D eigenvalue weighted by Crippen LogP contribution is 2.45. The standard InChI is InChI=1S/C28H37F3N8O3/c1-16(38-14-19-20(15-38)23(19)32)12-17-4-5-18(13-21(17)28(29,30)31)39-7-6-22(35-26(39)42)34-25(41)37-10-8-36(9-11-37)24(40)27(2,3)33/h4-7,13,16,19-20,23H,8-12,14-15,32-33H2,1-3H3,(H,34,35,41,42). The second-order valence-electron chi connectivity index (χ2n) is 12.1. The van der Waals surface area contributed by atoms with Crippen LogP contribution in [0.25, 0.3) is 5.69 Å². The van der Waals surface area contributed by atoms with E-state index in [1.165, 1.54) is 29.3 Å². The highest BCUT2D eigenvalue weighted by Gasteiger charge is 2.54. The number of anilines is 1. The third-order valence-electron chi connectivity index (χ3n) is 8.55. The van der Waals surface area contributed by atoms with Gasteiger partial charge in [-0.25, -0.2) is 9.59 Å². The first-order valence-electron chi connectivity index (χ1n) is 14.1. The molecule has 1 aliphatic carbocycles. The van der Waals surface area contributed by atoms with Crippen molar-refractivity contribution in [3.8, 4) is 5.69 Å². The fraction of sp³-hybridized carbons (Fsp3) is 0.571. The van der Waals surface area contributed by atoms with Crippen LogP contribution in [-0.2, 0) is 17.4 Å². The quantitative estimate of drug-likeness (QED) is 0.463. The maximum Gasteiger partial charge on any atom is 0.416 e. The topological polar surface area (TPSA) is 143 Å². The Bertz CT molecular complexity index is 1400. The van der Waals surface area contributed by atoms with E-state index in [2.05, 4.69) is 15.2 Å². The van der Waals surface area contributed by atoms with Crippen LogP contribution >= 0.6 is 0 Å². The number of halogens is 3. The van der Waals surface area contributed by atoms with Crippen LogP contribution < -0.4 is 22.5 Å². The summed E-state index contributed by atoms with van der Waals surface area (Å²) < 4.78 is 43.3. The minimum atomic E-state index is -4.61. The number of piperazine rings is 1. The van der Waals surface area contributed by atoms with Crippen molar-refractivity contribution in [3.05, 3.63) is 52.1 Å². The summed E-state index contributed by atoms with van der Waals surface area (Å²) in [7, 11) is 0. The molecule has 42 heavy (non-hydrogen) atoms. The van der Waals surface area contributed by atoms with Gasteiger partial charge in [0.15, 0.2) is 0 Å². The Balaban J connectivity index is 1.25. The molecule has 1 saturated carbocycles. The Morgan fingerprint density at radius 1 is 1.07 bits per heavy atom. The molecule has 3 fully saturated rings. The number of benzene rings is 1. The summed E-state index contributed by atoms with van der Waals surface area (Å²) in [6.07, 6.45) is -3.11. The maximum absolute atomic E-state index is 14.1. The summed E-state index contributed by atoms with van der Waals surface area (Å²) in [6, 6.07) is 4.82. The lowest BCUT2D eigenvalue weighted by Crippen LogP contribution is -2.58. The fourth-order valence-electron chi connectivity index (χ4n) is 5.95. The van der Waals surface area contributed by atoms with Crippen LogP contribution in [0.15, 0.2) is 35.3 Å². The van der Waals surface area contributed by atoms with Gasteiger partial charge < -0.3 is 21.3 Å². The number of nitrogens with two attached hydrogens (primary N) is 2. The Morgan fingerprint density at radius 2 is 1.69 bits per heavy atom. The van der Waals surface area contributed by atoms with E-state index >= 15 is 0 Å². The number of rotatable bonds is 6. The Hall–Kier alpha value is -3.49. The van der Waals surface area contributed by atoms with E-state index in [-0.39, 0.29) is 54.6 Å². The van der Waals surface area contributed by atoms with E-state index in [1.54, 1.807) is 18.7 Å². The molecular weight excluding hydrogens is 553 g/mol. The van der Waals surface area contributed by atoms with Crippen LogP contribution in [-0.4, -0.2) is 93.1 Å². The van der Waals surface area contributed by atoms with E-state index in [1.807, 2.05) is 6.92 Å².